The van der Waals surface area contributed by atoms with Gasteiger partial charge in [0, 0.05) is 35.9 Å². The Bertz CT molecular complexity index is 1130. The molecular formula is C23H27N3O3. The van der Waals surface area contributed by atoms with Crippen molar-refractivity contribution in [3.63, 3.8) is 0 Å². The number of methoxy groups -OCH3 is 1. The van der Waals surface area contributed by atoms with E-state index in [9.17, 15) is 9.59 Å². The van der Waals surface area contributed by atoms with Gasteiger partial charge in [-0.2, -0.15) is 0 Å². The van der Waals surface area contributed by atoms with Gasteiger partial charge in [-0.15, -0.1) is 0 Å². The van der Waals surface area contributed by atoms with E-state index in [-0.39, 0.29) is 23.1 Å². The summed E-state index contributed by atoms with van der Waals surface area (Å²) < 4.78 is 6.72. The summed E-state index contributed by atoms with van der Waals surface area (Å²) in [6.45, 7) is 4.55. The molecule has 1 aliphatic rings. The molecule has 6 nitrogen and oxygen atoms in total. The predicted molar refractivity (Wildman–Crippen MR) is 113 cm³/mol. The van der Waals surface area contributed by atoms with Crippen LogP contribution in [0.15, 0.2) is 35.1 Å². The lowest BCUT2D eigenvalue weighted by Crippen LogP contribution is -2.38. The number of hydrogen-bond acceptors (Lipinski definition) is 3. The van der Waals surface area contributed by atoms with Crippen molar-refractivity contribution < 1.29 is 9.53 Å². The van der Waals surface area contributed by atoms with E-state index in [1.54, 1.807) is 11.7 Å². The van der Waals surface area contributed by atoms with Gasteiger partial charge in [0.1, 0.15) is 5.56 Å². The summed E-state index contributed by atoms with van der Waals surface area (Å²) in [5.74, 6) is -0.310. The second kappa shape index (κ2) is 7.87. The average molecular weight is 393 g/mol. The van der Waals surface area contributed by atoms with Crippen LogP contribution in [0.2, 0.25) is 0 Å². The number of para-hydroxylation sites is 1. The van der Waals surface area contributed by atoms with Gasteiger partial charge in [-0.05, 0) is 56.4 Å². The zero-order chi connectivity index (χ0) is 20.5. The van der Waals surface area contributed by atoms with Gasteiger partial charge in [0.05, 0.1) is 12.6 Å². The SMILES string of the molecule is COCCn1c(C)cc(C)c(C(=O)N[C@@H]2CCCc3c2[nH]c2ccccc32)c1=O. The summed E-state index contributed by atoms with van der Waals surface area (Å²) in [4.78, 5) is 29.7. The first-order valence-electron chi connectivity index (χ1n) is 10.1. The number of nitrogens with zero attached hydrogens (tertiary/aromatic N) is 1. The van der Waals surface area contributed by atoms with Crippen molar-refractivity contribution in [3.05, 3.63) is 68.8 Å². The quantitative estimate of drug-likeness (QED) is 0.698. The number of aromatic amines is 1. The summed E-state index contributed by atoms with van der Waals surface area (Å²) in [5, 5.41) is 4.34. The van der Waals surface area contributed by atoms with E-state index in [1.807, 2.05) is 32.0 Å². The number of aryl methyl sites for hydroxylation is 3. The Hall–Kier alpha value is -2.86. The van der Waals surface area contributed by atoms with Gasteiger partial charge in [-0.25, -0.2) is 0 Å². The summed E-state index contributed by atoms with van der Waals surface area (Å²) in [5.41, 5.74) is 4.92. The van der Waals surface area contributed by atoms with Crippen molar-refractivity contribution in [2.75, 3.05) is 13.7 Å². The van der Waals surface area contributed by atoms with Gasteiger partial charge in [0.15, 0.2) is 0 Å². The number of H-pyrrole nitrogens is 1. The molecule has 1 aromatic carbocycles. The fraction of sp³-hybridized carbons (Fsp3) is 0.391. The van der Waals surface area contributed by atoms with Crippen LogP contribution in [0.4, 0.5) is 0 Å². The number of fused-ring (bicyclic) bond motifs is 3. The fourth-order valence-electron chi connectivity index (χ4n) is 4.45. The maximum absolute atomic E-state index is 13.1. The Kier molecular flexibility index (Phi) is 5.28. The van der Waals surface area contributed by atoms with Gasteiger partial charge in [0.25, 0.3) is 11.5 Å². The van der Waals surface area contributed by atoms with E-state index in [0.29, 0.717) is 18.7 Å². The minimum atomic E-state index is -0.310. The molecule has 152 valence electrons. The number of aromatic nitrogens is 2. The molecule has 1 aliphatic carbocycles. The normalized spacial score (nSPS) is 16.0. The molecule has 2 heterocycles. The van der Waals surface area contributed by atoms with Crippen LogP contribution in [-0.4, -0.2) is 29.2 Å². The monoisotopic (exact) mass is 393 g/mol. The first-order chi connectivity index (χ1) is 14.0. The standard InChI is InChI=1S/C23H27N3O3/c1-14-13-15(2)26(11-12-29-3)23(28)20(14)22(27)25-19-10-6-8-17-16-7-4-5-9-18(16)24-21(17)19/h4-5,7,9,13,19,24H,6,8,10-12H2,1-3H3,(H,25,27)/t19-/m1/s1. The van der Waals surface area contributed by atoms with Gasteiger partial charge < -0.3 is 19.6 Å². The van der Waals surface area contributed by atoms with Gasteiger partial charge in [-0.3, -0.25) is 9.59 Å². The van der Waals surface area contributed by atoms with Crippen LogP contribution in [0.3, 0.4) is 0 Å². The molecular weight excluding hydrogens is 366 g/mol. The van der Waals surface area contributed by atoms with E-state index >= 15 is 0 Å². The topological polar surface area (TPSA) is 76.1 Å². The van der Waals surface area contributed by atoms with Crippen molar-refractivity contribution in [2.24, 2.45) is 0 Å². The molecule has 0 aliphatic heterocycles. The molecule has 3 aromatic rings. The lowest BCUT2D eigenvalue weighted by molar-refractivity contribution is 0.0928. The van der Waals surface area contributed by atoms with Crippen LogP contribution in [0.1, 0.15) is 51.8 Å². The number of hydrogen-bond donors (Lipinski definition) is 2. The molecule has 0 saturated heterocycles. The van der Waals surface area contributed by atoms with Crippen LogP contribution in [0.25, 0.3) is 10.9 Å². The molecule has 29 heavy (non-hydrogen) atoms. The third-order valence-corrected chi connectivity index (χ3v) is 5.87. The molecule has 0 bridgehead atoms. The maximum atomic E-state index is 13.1. The highest BCUT2D eigenvalue weighted by atomic mass is 16.5. The van der Waals surface area contributed by atoms with Crippen molar-refractivity contribution in [2.45, 2.75) is 45.7 Å². The molecule has 6 heteroatoms. The maximum Gasteiger partial charge on any atom is 0.263 e. The lowest BCUT2D eigenvalue weighted by Gasteiger charge is -2.24. The van der Waals surface area contributed by atoms with Gasteiger partial charge in [0.2, 0.25) is 0 Å². The van der Waals surface area contributed by atoms with Gasteiger partial charge >= 0.3 is 0 Å². The smallest absolute Gasteiger partial charge is 0.263 e. The van der Waals surface area contributed by atoms with Crippen LogP contribution in [0.5, 0.6) is 0 Å². The fourth-order valence-corrected chi connectivity index (χ4v) is 4.45. The molecule has 1 amide bonds. The minimum absolute atomic E-state index is 0.119. The second-order valence-corrected chi connectivity index (χ2v) is 7.77. The molecule has 1 atom stereocenters. The predicted octanol–water partition coefficient (Wildman–Crippen LogP) is 3.40. The summed E-state index contributed by atoms with van der Waals surface area (Å²) in [6, 6.07) is 10.00. The zero-order valence-corrected chi connectivity index (χ0v) is 17.2. The third-order valence-electron chi connectivity index (χ3n) is 5.87. The molecule has 2 N–H and O–H groups in total. The van der Waals surface area contributed by atoms with Crippen LogP contribution in [-0.2, 0) is 17.7 Å². The van der Waals surface area contributed by atoms with E-state index in [1.165, 1.54) is 10.9 Å². The molecule has 0 spiro atoms. The molecule has 4 rings (SSSR count). The molecule has 0 saturated carbocycles. The van der Waals surface area contributed by atoms with E-state index in [4.69, 9.17) is 4.74 Å². The molecule has 2 aromatic heterocycles. The summed E-state index contributed by atoms with van der Waals surface area (Å²) >= 11 is 0. The number of amides is 1. The van der Waals surface area contributed by atoms with Crippen LogP contribution in [0, 0.1) is 13.8 Å². The number of ether oxygens (including phenoxy) is 1. The van der Waals surface area contributed by atoms with Crippen molar-refractivity contribution in [3.8, 4) is 0 Å². The second-order valence-electron chi connectivity index (χ2n) is 7.77. The first kappa shape index (κ1) is 19.5. The highest BCUT2D eigenvalue weighted by molar-refractivity contribution is 5.96. The lowest BCUT2D eigenvalue weighted by atomic mass is 9.91. The number of benzene rings is 1. The first-order valence-corrected chi connectivity index (χ1v) is 10.1. The van der Waals surface area contributed by atoms with Crippen LogP contribution >= 0.6 is 0 Å². The average Bonchev–Trinajstić information content (AvgIpc) is 3.07. The Labute approximate surface area is 169 Å². The Morgan fingerprint density at radius 2 is 2.10 bits per heavy atom. The minimum Gasteiger partial charge on any atom is -0.383 e. The Morgan fingerprint density at radius 1 is 1.31 bits per heavy atom. The van der Waals surface area contributed by atoms with Crippen LogP contribution < -0.4 is 10.9 Å². The molecule has 0 fully saturated rings. The summed E-state index contributed by atoms with van der Waals surface area (Å²) in [6.07, 6.45) is 2.86. The van der Waals surface area contributed by atoms with Crippen molar-refractivity contribution in [1.29, 1.82) is 0 Å². The number of rotatable bonds is 5. The number of carbonyl (C=O) groups excluding carboxylic acids is 1. The highest BCUT2D eigenvalue weighted by Gasteiger charge is 2.27. The molecule has 0 unspecified atom stereocenters. The number of pyridine rings is 1. The Morgan fingerprint density at radius 3 is 2.90 bits per heavy atom. The third kappa shape index (κ3) is 3.49. The van der Waals surface area contributed by atoms with E-state index in [2.05, 4.69) is 22.4 Å². The summed E-state index contributed by atoms with van der Waals surface area (Å²) in [7, 11) is 1.60. The van der Waals surface area contributed by atoms with Crippen molar-refractivity contribution >= 4 is 16.8 Å². The van der Waals surface area contributed by atoms with E-state index < -0.39 is 0 Å². The number of nitrogens with one attached hydrogen (secondary N) is 2. The van der Waals surface area contributed by atoms with Crippen molar-refractivity contribution in [1.82, 2.24) is 14.9 Å². The zero-order valence-electron chi connectivity index (χ0n) is 17.2. The Balaban J connectivity index is 1.67. The largest absolute Gasteiger partial charge is 0.383 e. The van der Waals surface area contributed by atoms with Gasteiger partial charge in [-0.1, -0.05) is 18.2 Å². The highest BCUT2D eigenvalue weighted by Crippen LogP contribution is 2.34. The molecule has 0 radical (unpaired) electrons. The van der Waals surface area contributed by atoms with E-state index in [0.717, 1.165) is 36.2 Å². The number of carbonyl (C=O) groups is 1.